The van der Waals surface area contributed by atoms with Gasteiger partial charge in [-0.3, -0.25) is 9.78 Å². The lowest BCUT2D eigenvalue weighted by molar-refractivity contribution is -0.123. The maximum absolute atomic E-state index is 12.3. The smallest absolute Gasteiger partial charge is 0.229 e. The van der Waals surface area contributed by atoms with E-state index in [2.05, 4.69) is 38.4 Å². The molecule has 1 N–H and O–H groups in total. The maximum Gasteiger partial charge on any atom is 0.229 e. The highest BCUT2D eigenvalue weighted by Crippen LogP contribution is 2.33. The summed E-state index contributed by atoms with van der Waals surface area (Å²) >= 11 is 3.47. The molecule has 0 spiro atoms. The quantitative estimate of drug-likeness (QED) is 0.622. The summed E-state index contributed by atoms with van der Waals surface area (Å²) < 4.78 is 1.04. The molecule has 0 radical (unpaired) electrons. The van der Waals surface area contributed by atoms with Crippen LogP contribution in [0.5, 0.6) is 0 Å². The van der Waals surface area contributed by atoms with Crippen LogP contribution in [0.4, 0.5) is 5.69 Å². The summed E-state index contributed by atoms with van der Waals surface area (Å²) in [5.41, 5.74) is 3.30. The van der Waals surface area contributed by atoms with Crippen LogP contribution in [-0.2, 0) is 4.79 Å². The van der Waals surface area contributed by atoms with Gasteiger partial charge in [-0.2, -0.15) is 0 Å². The van der Waals surface area contributed by atoms with E-state index in [0.29, 0.717) is 0 Å². The second-order valence-corrected chi connectivity index (χ2v) is 7.69. The Labute approximate surface area is 150 Å². The van der Waals surface area contributed by atoms with E-state index in [1.54, 1.807) is 6.20 Å². The first-order valence-corrected chi connectivity index (χ1v) is 8.61. The normalized spacial score (nSPS) is 11.5. The van der Waals surface area contributed by atoms with Gasteiger partial charge >= 0.3 is 0 Å². The van der Waals surface area contributed by atoms with Crippen LogP contribution in [0.3, 0.4) is 0 Å². The molecular weight excluding hydrogens is 364 g/mol. The highest BCUT2D eigenvalue weighted by Gasteiger charge is 2.22. The second-order valence-electron chi connectivity index (χ2n) is 6.77. The Morgan fingerprint density at radius 3 is 2.42 bits per heavy atom. The predicted molar refractivity (Wildman–Crippen MR) is 103 cm³/mol. The molecule has 1 heterocycles. The van der Waals surface area contributed by atoms with Gasteiger partial charge in [0.25, 0.3) is 0 Å². The highest BCUT2D eigenvalue weighted by atomic mass is 79.9. The molecule has 2 aromatic carbocycles. The molecule has 1 aromatic heterocycles. The lowest BCUT2D eigenvalue weighted by Crippen LogP contribution is -2.27. The highest BCUT2D eigenvalue weighted by molar-refractivity contribution is 9.10. The third kappa shape index (κ3) is 3.34. The van der Waals surface area contributed by atoms with Crippen LogP contribution in [0, 0.1) is 5.41 Å². The first kappa shape index (κ1) is 16.7. The molecule has 0 fully saturated rings. The molecule has 0 aliphatic carbocycles. The Bertz CT molecular complexity index is 896. The Morgan fingerprint density at radius 1 is 1.04 bits per heavy atom. The number of anilines is 1. The Hall–Kier alpha value is -2.20. The average molecular weight is 383 g/mol. The van der Waals surface area contributed by atoms with Crippen molar-refractivity contribution in [3.05, 3.63) is 59.2 Å². The van der Waals surface area contributed by atoms with Crippen LogP contribution in [0.25, 0.3) is 22.0 Å². The number of nitrogens with one attached hydrogen (secondary N) is 1. The number of aromatic nitrogens is 1. The van der Waals surface area contributed by atoms with Crippen LogP contribution in [0.1, 0.15) is 20.8 Å². The number of hydrogen-bond acceptors (Lipinski definition) is 2. The molecule has 1 amide bonds. The van der Waals surface area contributed by atoms with Gasteiger partial charge in [-0.15, -0.1) is 0 Å². The van der Waals surface area contributed by atoms with E-state index in [0.717, 1.165) is 32.2 Å². The van der Waals surface area contributed by atoms with Crippen molar-refractivity contribution in [2.75, 3.05) is 5.32 Å². The molecule has 0 bridgehead atoms. The summed E-state index contributed by atoms with van der Waals surface area (Å²) in [6.45, 7) is 5.69. The summed E-state index contributed by atoms with van der Waals surface area (Å²) in [7, 11) is 0. The Kier molecular flexibility index (Phi) is 4.41. The number of rotatable bonds is 2. The van der Waals surface area contributed by atoms with Crippen LogP contribution < -0.4 is 5.32 Å². The molecule has 122 valence electrons. The first-order chi connectivity index (χ1) is 11.4. The third-order valence-corrected chi connectivity index (χ3v) is 4.38. The van der Waals surface area contributed by atoms with Gasteiger partial charge in [0.05, 0.1) is 11.2 Å². The first-order valence-electron chi connectivity index (χ1n) is 7.81. The minimum Gasteiger partial charge on any atom is -0.324 e. The van der Waals surface area contributed by atoms with Crippen molar-refractivity contribution in [2.24, 2.45) is 5.41 Å². The standard InChI is InChI=1S/C20H19BrN2O/c1-20(2,3)19(24)23-17-11-10-15(13-6-8-14(21)9-7-13)16-5-4-12-22-18(16)17/h4-12H,1-3H3,(H,23,24). The monoisotopic (exact) mass is 382 g/mol. The lowest BCUT2D eigenvalue weighted by atomic mass is 9.95. The molecule has 3 aromatic rings. The van der Waals surface area contributed by atoms with Crippen molar-refractivity contribution >= 4 is 38.4 Å². The number of fused-ring (bicyclic) bond motifs is 1. The molecule has 0 aliphatic rings. The van der Waals surface area contributed by atoms with Gasteiger partial charge in [-0.25, -0.2) is 0 Å². The number of hydrogen-bond donors (Lipinski definition) is 1. The van der Waals surface area contributed by atoms with Crippen LogP contribution >= 0.6 is 15.9 Å². The molecule has 4 heteroatoms. The average Bonchev–Trinajstić information content (AvgIpc) is 2.55. The molecular formula is C20H19BrN2O. The third-order valence-electron chi connectivity index (χ3n) is 3.85. The number of pyridine rings is 1. The van der Waals surface area contributed by atoms with Gasteiger partial charge in [0.1, 0.15) is 0 Å². The number of carbonyl (C=O) groups excluding carboxylic acids is 1. The van der Waals surface area contributed by atoms with Crippen molar-refractivity contribution < 1.29 is 4.79 Å². The Morgan fingerprint density at radius 2 is 1.75 bits per heavy atom. The summed E-state index contributed by atoms with van der Waals surface area (Å²) in [4.78, 5) is 16.8. The van der Waals surface area contributed by atoms with E-state index in [1.165, 1.54) is 0 Å². The molecule has 3 nitrogen and oxygen atoms in total. The zero-order chi connectivity index (χ0) is 17.3. The van der Waals surface area contributed by atoms with E-state index >= 15 is 0 Å². The van der Waals surface area contributed by atoms with Crippen molar-refractivity contribution in [3.8, 4) is 11.1 Å². The van der Waals surface area contributed by atoms with Crippen LogP contribution in [-0.4, -0.2) is 10.9 Å². The molecule has 0 saturated heterocycles. The summed E-state index contributed by atoms with van der Waals surface area (Å²) in [5, 5.41) is 4.02. The van der Waals surface area contributed by atoms with E-state index < -0.39 is 5.41 Å². The number of carbonyl (C=O) groups is 1. The Balaban J connectivity index is 2.11. The molecule has 24 heavy (non-hydrogen) atoms. The minimum atomic E-state index is -0.453. The van der Waals surface area contributed by atoms with Gasteiger partial charge in [0, 0.05) is 21.5 Å². The van der Waals surface area contributed by atoms with Gasteiger partial charge in [-0.05, 0) is 35.4 Å². The summed E-state index contributed by atoms with van der Waals surface area (Å²) in [6.07, 6.45) is 1.75. The van der Waals surface area contributed by atoms with E-state index in [4.69, 9.17) is 0 Å². The fourth-order valence-electron chi connectivity index (χ4n) is 2.46. The lowest BCUT2D eigenvalue weighted by Gasteiger charge is -2.19. The SMILES string of the molecule is CC(C)(C)C(=O)Nc1ccc(-c2ccc(Br)cc2)c2cccnc12. The summed E-state index contributed by atoms with van der Waals surface area (Å²) in [5.74, 6) is -0.0224. The zero-order valence-corrected chi connectivity index (χ0v) is 15.5. The number of nitrogens with zero attached hydrogens (tertiary/aromatic N) is 1. The molecule has 0 saturated carbocycles. The van der Waals surface area contributed by atoms with Crippen molar-refractivity contribution in [1.29, 1.82) is 0 Å². The van der Waals surface area contributed by atoms with Gasteiger partial charge in [0.2, 0.25) is 5.91 Å². The zero-order valence-electron chi connectivity index (χ0n) is 13.9. The van der Waals surface area contributed by atoms with Crippen LogP contribution in [0.2, 0.25) is 0 Å². The molecule has 0 unspecified atom stereocenters. The fraction of sp³-hybridized carbons (Fsp3) is 0.200. The minimum absolute atomic E-state index is 0.0224. The number of benzene rings is 2. The van der Waals surface area contributed by atoms with Crippen LogP contribution in [0.15, 0.2) is 59.2 Å². The van der Waals surface area contributed by atoms with Crippen molar-refractivity contribution in [2.45, 2.75) is 20.8 Å². The topological polar surface area (TPSA) is 42.0 Å². The van der Waals surface area contributed by atoms with E-state index in [9.17, 15) is 4.79 Å². The maximum atomic E-state index is 12.3. The number of amides is 1. The largest absolute Gasteiger partial charge is 0.324 e. The van der Waals surface area contributed by atoms with Gasteiger partial charge < -0.3 is 5.32 Å². The van der Waals surface area contributed by atoms with Crippen molar-refractivity contribution in [1.82, 2.24) is 4.98 Å². The van der Waals surface area contributed by atoms with E-state index in [-0.39, 0.29) is 5.91 Å². The van der Waals surface area contributed by atoms with Crippen molar-refractivity contribution in [3.63, 3.8) is 0 Å². The predicted octanol–water partition coefficient (Wildman–Crippen LogP) is 5.65. The molecule has 0 aliphatic heterocycles. The van der Waals surface area contributed by atoms with Gasteiger partial charge in [-0.1, -0.05) is 61.0 Å². The van der Waals surface area contributed by atoms with Gasteiger partial charge in [0.15, 0.2) is 0 Å². The molecule has 3 rings (SSSR count). The molecule has 0 atom stereocenters. The van der Waals surface area contributed by atoms with E-state index in [1.807, 2.05) is 57.2 Å². The number of halogens is 1. The second kappa shape index (κ2) is 6.36. The summed E-state index contributed by atoms with van der Waals surface area (Å²) in [6, 6.07) is 16.1. The fourth-order valence-corrected chi connectivity index (χ4v) is 2.73.